The van der Waals surface area contributed by atoms with Crippen molar-refractivity contribution in [3.8, 4) is 0 Å². The number of thiophene rings is 2. The molecule has 134 valence electrons. The number of quaternary nitrogens is 1. The molecule has 0 saturated carbocycles. The second-order valence-corrected chi connectivity index (χ2v) is 9.52. The van der Waals surface area contributed by atoms with Crippen molar-refractivity contribution in [2.45, 2.75) is 49.5 Å². The van der Waals surface area contributed by atoms with Gasteiger partial charge in [0.2, 0.25) is 5.60 Å². The van der Waals surface area contributed by atoms with E-state index in [4.69, 9.17) is 4.74 Å². The Balaban J connectivity index is 1.63. The van der Waals surface area contributed by atoms with Crippen molar-refractivity contribution in [1.82, 2.24) is 0 Å². The summed E-state index contributed by atoms with van der Waals surface area (Å²) in [5.41, 5.74) is -1.70. The summed E-state index contributed by atoms with van der Waals surface area (Å²) in [4.78, 5) is 14.4. The van der Waals surface area contributed by atoms with Crippen LogP contribution in [0.3, 0.4) is 0 Å². The molecule has 2 saturated heterocycles. The van der Waals surface area contributed by atoms with Crippen LogP contribution in [0.4, 0.5) is 0 Å². The van der Waals surface area contributed by atoms with Gasteiger partial charge in [-0.1, -0.05) is 12.1 Å². The first-order chi connectivity index (χ1) is 11.9. The monoisotopic (exact) mass is 378 g/mol. The van der Waals surface area contributed by atoms with Crippen LogP contribution in [-0.2, 0) is 15.1 Å². The second kappa shape index (κ2) is 6.20. The van der Waals surface area contributed by atoms with E-state index in [-0.39, 0.29) is 6.10 Å². The minimum Gasteiger partial charge on any atom is -0.453 e. The molecule has 4 rings (SSSR count). The zero-order valence-electron chi connectivity index (χ0n) is 14.6. The molecule has 1 N–H and O–H groups in total. The van der Waals surface area contributed by atoms with Crippen LogP contribution in [-0.4, -0.2) is 47.8 Å². The van der Waals surface area contributed by atoms with Gasteiger partial charge < -0.3 is 14.3 Å². The van der Waals surface area contributed by atoms with Gasteiger partial charge in [0.1, 0.15) is 6.04 Å². The number of rotatable bonds is 4. The number of carbonyl (C=O) groups is 1. The summed E-state index contributed by atoms with van der Waals surface area (Å²) >= 11 is 2.77. The standard InChI is InChI=1S/C19H24NO3S2/c1-20(2)13-6-3-7-14(20)15(12-13)23-18(21)19(22,16-8-4-10-24-16)17-9-5-11-25-17/h4-5,8-11,13-15,22H,3,6-7,12H2,1-2H3/q+1/t13?,14-,15?/m1/s1. The smallest absolute Gasteiger partial charge is 0.349 e. The summed E-state index contributed by atoms with van der Waals surface area (Å²) in [6.45, 7) is 0. The van der Waals surface area contributed by atoms with Gasteiger partial charge in [0.05, 0.1) is 29.9 Å². The maximum Gasteiger partial charge on any atom is 0.349 e. The average molecular weight is 379 g/mol. The summed E-state index contributed by atoms with van der Waals surface area (Å²) in [7, 11) is 4.49. The molecule has 0 radical (unpaired) electrons. The first-order valence-corrected chi connectivity index (χ1v) is 10.5. The molecular weight excluding hydrogens is 354 g/mol. The third kappa shape index (κ3) is 2.67. The average Bonchev–Trinajstić information content (AvgIpc) is 3.29. The van der Waals surface area contributed by atoms with Gasteiger partial charge in [-0.25, -0.2) is 4.79 Å². The van der Waals surface area contributed by atoms with Crippen LogP contribution < -0.4 is 0 Å². The molecule has 25 heavy (non-hydrogen) atoms. The van der Waals surface area contributed by atoms with Crippen LogP contribution in [0, 0.1) is 0 Å². The van der Waals surface area contributed by atoms with Gasteiger partial charge in [-0.05, 0) is 35.7 Å². The third-order valence-electron chi connectivity index (χ3n) is 6.08. The largest absolute Gasteiger partial charge is 0.453 e. The predicted octanol–water partition coefficient (Wildman–Crippen LogP) is 3.36. The van der Waals surface area contributed by atoms with Gasteiger partial charge in [-0.3, -0.25) is 0 Å². The van der Waals surface area contributed by atoms with Crippen molar-refractivity contribution in [2.75, 3.05) is 14.1 Å². The minimum absolute atomic E-state index is 0.110. The first kappa shape index (κ1) is 17.2. The zero-order chi connectivity index (χ0) is 17.7. The highest BCUT2D eigenvalue weighted by Gasteiger charge is 2.55. The number of likely N-dealkylation sites (N-methyl/N-ethyl adjacent to an activating group) is 1. The molecule has 0 spiro atoms. The van der Waals surface area contributed by atoms with Gasteiger partial charge in [0.25, 0.3) is 0 Å². The van der Waals surface area contributed by atoms with Crippen LogP contribution >= 0.6 is 22.7 Å². The Morgan fingerprint density at radius 2 is 1.84 bits per heavy atom. The van der Waals surface area contributed by atoms with Crippen molar-refractivity contribution < 1.29 is 19.1 Å². The number of ether oxygens (including phenoxy) is 1. The van der Waals surface area contributed by atoms with E-state index in [0.717, 1.165) is 17.3 Å². The number of piperidine rings is 1. The lowest BCUT2D eigenvalue weighted by Gasteiger charge is -2.41. The molecule has 2 aromatic rings. The third-order valence-corrected chi connectivity index (χ3v) is 8.03. The molecule has 2 bridgehead atoms. The van der Waals surface area contributed by atoms with Crippen molar-refractivity contribution in [3.05, 3.63) is 44.8 Å². The molecule has 0 aliphatic carbocycles. The molecule has 2 fully saturated rings. The molecule has 6 heteroatoms. The lowest BCUT2D eigenvalue weighted by atomic mass is 9.99. The molecule has 2 unspecified atom stereocenters. The molecule has 2 aliphatic rings. The number of esters is 1. The Bertz CT molecular complexity index is 705. The van der Waals surface area contributed by atoms with Crippen LogP contribution in [0.5, 0.6) is 0 Å². The SMILES string of the molecule is C[N+]1(C)C2CCC[C@@H]1C(OC(=O)C(O)(c1cccs1)c1cccs1)C2. The number of fused-ring (bicyclic) bond motifs is 2. The Morgan fingerprint density at radius 1 is 1.20 bits per heavy atom. The number of hydrogen-bond acceptors (Lipinski definition) is 5. The maximum absolute atomic E-state index is 13.2. The molecule has 4 heterocycles. The maximum atomic E-state index is 13.2. The molecule has 2 aromatic heterocycles. The second-order valence-electron chi connectivity index (χ2n) is 7.63. The fraction of sp³-hybridized carbons (Fsp3) is 0.526. The first-order valence-electron chi connectivity index (χ1n) is 8.79. The molecule has 2 aliphatic heterocycles. The Kier molecular flexibility index (Phi) is 4.27. The summed E-state index contributed by atoms with van der Waals surface area (Å²) < 4.78 is 6.91. The number of hydrogen-bond donors (Lipinski definition) is 1. The Morgan fingerprint density at radius 3 is 2.36 bits per heavy atom. The van der Waals surface area contributed by atoms with Crippen molar-refractivity contribution in [3.63, 3.8) is 0 Å². The van der Waals surface area contributed by atoms with E-state index in [9.17, 15) is 9.90 Å². The van der Waals surface area contributed by atoms with E-state index in [1.165, 1.54) is 35.5 Å². The van der Waals surface area contributed by atoms with Gasteiger partial charge >= 0.3 is 5.97 Å². The van der Waals surface area contributed by atoms with E-state index in [1.807, 2.05) is 22.9 Å². The number of aliphatic hydroxyl groups is 1. The highest BCUT2D eigenvalue weighted by atomic mass is 32.1. The van der Waals surface area contributed by atoms with E-state index in [0.29, 0.717) is 21.8 Å². The van der Waals surface area contributed by atoms with E-state index >= 15 is 0 Å². The molecular formula is C19H24NO3S2+. The van der Waals surface area contributed by atoms with Gasteiger partial charge in [-0.2, -0.15) is 0 Å². The summed E-state index contributed by atoms with van der Waals surface area (Å²) in [6.07, 6.45) is 4.26. The number of carbonyl (C=O) groups excluding carboxylic acids is 1. The number of nitrogens with zero attached hydrogens (tertiary/aromatic N) is 1. The van der Waals surface area contributed by atoms with Crippen LogP contribution in [0.25, 0.3) is 0 Å². The van der Waals surface area contributed by atoms with Gasteiger partial charge in [0.15, 0.2) is 6.10 Å². The lowest BCUT2D eigenvalue weighted by molar-refractivity contribution is -0.931. The van der Waals surface area contributed by atoms with Crippen molar-refractivity contribution in [1.29, 1.82) is 0 Å². The van der Waals surface area contributed by atoms with Crippen LogP contribution in [0.1, 0.15) is 35.4 Å². The highest BCUT2D eigenvalue weighted by Crippen LogP contribution is 2.43. The highest BCUT2D eigenvalue weighted by molar-refractivity contribution is 7.12. The molecule has 4 nitrogen and oxygen atoms in total. The zero-order valence-corrected chi connectivity index (χ0v) is 16.2. The van der Waals surface area contributed by atoms with Crippen molar-refractivity contribution >= 4 is 28.6 Å². The van der Waals surface area contributed by atoms with Crippen LogP contribution in [0.15, 0.2) is 35.0 Å². The lowest BCUT2D eigenvalue weighted by Crippen LogP contribution is -2.54. The molecule has 3 atom stereocenters. The fourth-order valence-electron chi connectivity index (χ4n) is 4.57. The fourth-order valence-corrected chi connectivity index (χ4v) is 6.28. The Labute approximate surface area is 156 Å². The van der Waals surface area contributed by atoms with E-state index in [1.54, 1.807) is 12.1 Å². The molecule has 0 amide bonds. The normalized spacial score (nSPS) is 28.0. The molecule has 0 aromatic carbocycles. The summed E-state index contributed by atoms with van der Waals surface area (Å²) in [5.74, 6) is -0.532. The van der Waals surface area contributed by atoms with Crippen molar-refractivity contribution in [2.24, 2.45) is 0 Å². The summed E-state index contributed by atoms with van der Waals surface area (Å²) in [5, 5.41) is 15.1. The summed E-state index contributed by atoms with van der Waals surface area (Å²) in [6, 6.07) is 8.20. The van der Waals surface area contributed by atoms with E-state index in [2.05, 4.69) is 14.1 Å². The van der Waals surface area contributed by atoms with Crippen LogP contribution in [0.2, 0.25) is 0 Å². The van der Waals surface area contributed by atoms with E-state index < -0.39 is 11.6 Å². The Hall–Kier alpha value is -1.21. The van der Waals surface area contributed by atoms with Gasteiger partial charge in [-0.15, -0.1) is 22.7 Å². The quantitative estimate of drug-likeness (QED) is 0.655. The topological polar surface area (TPSA) is 46.5 Å². The van der Waals surface area contributed by atoms with Gasteiger partial charge in [0, 0.05) is 12.8 Å². The minimum atomic E-state index is -1.70. The predicted molar refractivity (Wildman–Crippen MR) is 99.7 cm³/mol.